The van der Waals surface area contributed by atoms with Crippen LogP contribution in [-0.4, -0.2) is 0 Å². The second-order valence-electron chi connectivity index (χ2n) is 4.85. The van der Waals surface area contributed by atoms with Gasteiger partial charge in [-0.15, -0.1) is 0 Å². The lowest BCUT2D eigenvalue weighted by Gasteiger charge is -2.13. The van der Waals surface area contributed by atoms with Crippen molar-refractivity contribution in [1.29, 1.82) is 0 Å². The van der Waals surface area contributed by atoms with Gasteiger partial charge in [-0.2, -0.15) is 0 Å². The predicted octanol–water partition coefficient (Wildman–Crippen LogP) is 5.46. The minimum Gasteiger partial charge on any atom is -0.0836 e. The quantitative estimate of drug-likeness (QED) is 0.649. The van der Waals surface area contributed by atoms with E-state index in [9.17, 15) is 0 Å². The lowest BCUT2D eigenvalue weighted by molar-refractivity contribution is 0.912. The monoisotopic (exact) mass is 276 g/mol. The summed E-state index contributed by atoms with van der Waals surface area (Å²) in [5.74, 6) is 0. The van der Waals surface area contributed by atoms with Crippen LogP contribution in [0.4, 0.5) is 0 Å². The summed E-state index contributed by atoms with van der Waals surface area (Å²) in [6.07, 6.45) is 3.53. The Labute approximate surface area is 118 Å². The Morgan fingerprint density at radius 3 is 2.67 bits per heavy atom. The predicted molar refractivity (Wildman–Crippen MR) is 78.7 cm³/mol. The van der Waals surface area contributed by atoms with Gasteiger partial charge in [0.15, 0.2) is 0 Å². The normalized spacial score (nSPS) is 13.7. The standard InChI is InChI=1S/C16H14Cl2/c1-10-8-9-14(17)15(16(10)18)13-7-3-5-11-4-2-6-12(11)13/h3,5,7-9H,2,4,6H2,1H3. The van der Waals surface area contributed by atoms with Crippen molar-refractivity contribution in [3.8, 4) is 11.1 Å². The largest absolute Gasteiger partial charge is 0.0836 e. The van der Waals surface area contributed by atoms with E-state index < -0.39 is 0 Å². The molecule has 0 aliphatic heterocycles. The topological polar surface area (TPSA) is 0 Å². The molecular formula is C16H14Cl2. The maximum atomic E-state index is 6.45. The fourth-order valence-electron chi connectivity index (χ4n) is 2.76. The van der Waals surface area contributed by atoms with Crippen LogP contribution in [0.25, 0.3) is 11.1 Å². The van der Waals surface area contributed by atoms with Gasteiger partial charge in [-0.25, -0.2) is 0 Å². The van der Waals surface area contributed by atoms with Crippen LogP contribution in [0, 0.1) is 6.92 Å². The molecule has 0 N–H and O–H groups in total. The summed E-state index contributed by atoms with van der Waals surface area (Å²) in [6.45, 7) is 2.02. The Bertz CT molecular complexity index is 615. The molecule has 0 spiro atoms. The van der Waals surface area contributed by atoms with Crippen molar-refractivity contribution < 1.29 is 0 Å². The average Bonchev–Trinajstić information content (AvgIpc) is 2.83. The first-order valence-corrected chi connectivity index (χ1v) is 7.00. The SMILES string of the molecule is Cc1ccc(Cl)c(-c2cccc3c2CCC3)c1Cl. The Hall–Kier alpha value is -0.980. The van der Waals surface area contributed by atoms with Gasteiger partial charge in [-0.05, 0) is 54.5 Å². The summed E-state index contributed by atoms with van der Waals surface area (Å²) >= 11 is 12.8. The third kappa shape index (κ3) is 1.84. The Morgan fingerprint density at radius 1 is 1.00 bits per heavy atom. The van der Waals surface area contributed by atoms with E-state index in [-0.39, 0.29) is 0 Å². The molecule has 2 aromatic rings. The van der Waals surface area contributed by atoms with E-state index in [4.69, 9.17) is 23.2 Å². The van der Waals surface area contributed by atoms with Crippen LogP contribution >= 0.6 is 23.2 Å². The van der Waals surface area contributed by atoms with Gasteiger partial charge in [0, 0.05) is 10.6 Å². The molecule has 2 heteroatoms. The summed E-state index contributed by atoms with van der Waals surface area (Å²) in [7, 11) is 0. The number of hydrogen-bond donors (Lipinski definition) is 0. The van der Waals surface area contributed by atoms with E-state index in [1.165, 1.54) is 29.5 Å². The molecule has 0 saturated carbocycles. The highest BCUT2D eigenvalue weighted by atomic mass is 35.5. The lowest BCUT2D eigenvalue weighted by atomic mass is 9.96. The highest BCUT2D eigenvalue weighted by Crippen LogP contribution is 2.41. The van der Waals surface area contributed by atoms with Crippen molar-refractivity contribution in [2.75, 3.05) is 0 Å². The zero-order chi connectivity index (χ0) is 12.7. The average molecular weight is 277 g/mol. The highest BCUT2D eigenvalue weighted by Gasteiger charge is 2.19. The van der Waals surface area contributed by atoms with Crippen LogP contribution in [-0.2, 0) is 12.8 Å². The fourth-order valence-corrected chi connectivity index (χ4v) is 3.33. The molecule has 0 radical (unpaired) electrons. The van der Waals surface area contributed by atoms with Crippen LogP contribution in [0.1, 0.15) is 23.1 Å². The van der Waals surface area contributed by atoms with Crippen molar-refractivity contribution in [2.24, 2.45) is 0 Å². The molecule has 1 aliphatic carbocycles. The molecule has 0 unspecified atom stereocenters. The van der Waals surface area contributed by atoms with Gasteiger partial charge < -0.3 is 0 Å². The maximum absolute atomic E-state index is 6.45. The Morgan fingerprint density at radius 2 is 1.83 bits per heavy atom. The highest BCUT2D eigenvalue weighted by molar-refractivity contribution is 6.39. The van der Waals surface area contributed by atoms with Gasteiger partial charge in [-0.3, -0.25) is 0 Å². The molecule has 0 nitrogen and oxygen atoms in total. The second-order valence-corrected chi connectivity index (χ2v) is 5.64. The van der Waals surface area contributed by atoms with Crippen molar-refractivity contribution in [3.05, 3.63) is 57.1 Å². The van der Waals surface area contributed by atoms with Crippen LogP contribution in [0.2, 0.25) is 10.0 Å². The number of benzene rings is 2. The van der Waals surface area contributed by atoms with Gasteiger partial charge in [0.1, 0.15) is 0 Å². The van der Waals surface area contributed by atoms with Gasteiger partial charge in [0.05, 0.1) is 5.02 Å². The Kier molecular flexibility index (Phi) is 3.09. The van der Waals surface area contributed by atoms with Gasteiger partial charge >= 0.3 is 0 Å². The van der Waals surface area contributed by atoms with Gasteiger partial charge in [0.25, 0.3) is 0 Å². The summed E-state index contributed by atoms with van der Waals surface area (Å²) in [4.78, 5) is 0. The molecule has 92 valence electrons. The summed E-state index contributed by atoms with van der Waals surface area (Å²) in [5, 5.41) is 1.52. The molecule has 3 rings (SSSR count). The molecule has 0 aromatic heterocycles. The maximum Gasteiger partial charge on any atom is 0.0528 e. The molecule has 0 atom stereocenters. The van der Waals surface area contributed by atoms with E-state index in [0.29, 0.717) is 0 Å². The summed E-state index contributed by atoms with van der Waals surface area (Å²) in [5.41, 5.74) is 6.15. The van der Waals surface area contributed by atoms with E-state index in [0.717, 1.165) is 27.6 Å². The Balaban J connectivity index is 2.28. The molecule has 0 heterocycles. The molecule has 1 aliphatic rings. The fraction of sp³-hybridized carbons (Fsp3) is 0.250. The second kappa shape index (κ2) is 4.60. The smallest absolute Gasteiger partial charge is 0.0528 e. The van der Waals surface area contributed by atoms with Crippen molar-refractivity contribution in [2.45, 2.75) is 26.2 Å². The van der Waals surface area contributed by atoms with Crippen LogP contribution in [0.5, 0.6) is 0 Å². The van der Waals surface area contributed by atoms with E-state index in [2.05, 4.69) is 18.2 Å². The zero-order valence-electron chi connectivity index (χ0n) is 10.3. The number of aryl methyl sites for hydroxylation is 2. The van der Waals surface area contributed by atoms with Gasteiger partial charge in [0.2, 0.25) is 0 Å². The number of halogens is 2. The number of rotatable bonds is 1. The minimum absolute atomic E-state index is 0.742. The first-order chi connectivity index (χ1) is 8.68. The zero-order valence-corrected chi connectivity index (χ0v) is 11.8. The first kappa shape index (κ1) is 12.1. The van der Waals surface area contributed by atoms with Crippen molar-refractivity contribution in [3.63, 3.8) is 0 Å². The number of fused-ring (bicyclic) bond motifs is 1. The molecule has 18 heavy (non-hydrogen) atoms. The van der Waals surface area contributed by atoms with Crippen molar-refractivity contribution >= 4 is 23.2 Å². The van der Waals surface area contributed by atoms with Crippen LogP contribution in [0.3, 0.4) is 0 Å². The first-order valence-electron chi connectivity index (χ1n) is 6.24. The molecule has 0 bridgehead atoms. The van der Waals surface area contributed by atoms with Crippen LogP contribution in [0.15, 0.2) is 30.3 Å². The number of hydrogen-bond acceptors (Lipinski definition) is 0. The molecule has 0 fully saturated rings. The summed E-state index contributed by atoms with van der Waals surface area (Å²) < 4.78 is 0. The van der Waals surface area contributed by atoms with E-state index >= 15 is 0 Å². The third-order valence-electron chi connectivity index (χ3n) is 3.70. The summed E-state index contributed by atoms with van der Waals surface area (Å²) in [6, 6.07) is 10.4. The molecular weight excluding hydrogens is 263 g/mol. The van der Waals surface area contributed by atoms with Crippen LogP contribution < -0.4 is 0 Å². The van der Waals surface area contributed by atoms with E-state index in [1.807, 2.05) is 19.1 Å². The molecule has 2 aromatic carbocycles. The molecule has 0 amide bonds. The lowest BCUT2D eigenvalue weighted by Crippen LogP contribution is -1.91. The third-order valence-corrected chi connectivity index (χ3v) is 4.50. The van der Waals surface area contributed by atoms with E-state index in [1.54, 1.807) is 0 Å². The minimum atomic E-state index is 0.742. The van der Waals surface area contributed by atoms with Crippen molar-refractivity contribution in [1.82, 2.24) is 0 Å². The molecule has 0 saturated heterocycles. The van der Waals surface area contributed by atoms with Gasteiger partial charge in [-0.1, -0.05) is 47.5 Å².